The zero-order valence-electron chi connectivity index (χ0n) is 9.96. The molecule has 1 aliphatic heterocycles. The lowest BCUT2D eigenvalue weighted by atomic mass is 10.1. The van der Waals surface area contributed by atoms with E-state index in [0.717, 1.165) is 42.0 Å². The normalized spacial score (nSPS) is 20.6. The van der Waals surface area contributed by atoms with Gasteiger partial charge in [-0.05, 0) is 24.5 Å². The number of nitrogens with zero attached hydrogens (tertiary/aromatic N) is 1. The SMILES string of the molecule is COC1CCCN(c2c(Cl)cccc2CBr)C1. The van der Waals surface area contributed by atoms with Crippen LogP contribution in [0.1, 0.15) is 18.4 Å². The number of benzene rings is 1. The van der Waals surface area contributed by atoms with Crippen molar-refractivity contribution in [2.45, 2.75) is 24.3 Å². The van der Waals surface area contributed by atoms with E-state index in [9.17, 15) is 0 Å². The minimum Gasteiger partial charge on any atom is -0.380 e. The van der Waals surface area contributed by atoms with Crippen LogP contribution < -0.4 is 4.90 Å². The number of hydrogen-bond acceptors (Lipinski definition) is 2. The number of piperidine rings is 1. The van der Waals surface area contributed by atoms with E-state index in [1.807, 2.05) is 12.1 Å². The highest BCUT2D eigenvalue weighted by atomic mass is 79.9. The molecule has 0 radical (unpaired) electrons. The second-order valence-corrected chi connectivity index (χ2v) is 5.30. The Morgan fingerprint density at radius 2 is 2.35 bits per heavy atom. The van der Waals surface area contributed by atoms with Crippen LogP contribution in [-0.4, -0.2) is 26.3 Å². The van der Waals surface area contributed by atoms with E-state index in [1.165, 1.54) is 5.56 Å². The summed E-state index contributed by atoms with van der Waals surface area (Å²) in [4.78, 5) is 2.34. The topological polar surface area (TPSA) is 12.5 Å². The minimum absolute atomic E-state index is 0.322. The van der Waals surface area contributed by atoms with Gasteiger partial charge in [0.2, 0.25) is 0 Å². The number of ether oxygens (including phenoxy) is 1. The third-order valence-electron chi connectivity index (χ3n) is 3.24. The summed E-state index contributed by atoms with van der Waals surface area (Å²) >= 11 is 9.85. The van der Waals surface area contributed by atoms with Crippen molar-refractivity contribution in [1.29, 1.82) is 0 Å². The average molecular weight is 319 g/mol. The Hall–Kier alpha value is -0.250. The lowest BCUT2D eigenvalue weighted by molar-refractivity contribution is 0.0893. The predicted molar refractivity (Wildman–Crippen MR) is 76.3 cm³/mol. The third kappa shape index (κ3) is 2.95. The quantitative estimate of drug-likeness (QED) is 0.785. The number of hydrogen-bond donors (Lipinski definition) is 0. The molecule has 0 saturated carbocycles. The summed E-state index contributed by atoms with van der Waals surface area (Å²) in [7, 11) is 1.78. The molecule has 0 aliphatic carbocycles. The molecule has 0 bridgehead atoms. The Balaban J connectivity index is 2.26. The number of para-hydroxylation sites is 1. The highest BCUT2D eigenvalue weighted by Gasteiger charge is 2.22. The number of rotatable bonds is 3. The van der Waals surface area contributed by atoms with E-state index >= 15 is 0 Å². The molecule has 94 valence electrons. The van der Waals surface area contributed by atoms with Gasteiger partial charge in [-0.3, -0.25) is 0 Å². The predicted octanol–water partition coefficient (Wildman–Crippen LogP) is 3.85. The second-order valence-electron chi connectivity index (χ2n) is 4.33. The van der Waals surface area contributed by atoms with Crippen molar-refractivity contribution in [1.82, 2.24) is 0 Å². The molecule has 1 saturated heterocycles. The Morgan fingerprint density at radius 1 is 1.53 bits per heavy atom. The molecule has 0 spiro atoms. The van der Waals surface area contributed by atoms with E-state index < -0.39 is 0 Å². The van der Waals surface area contributed by atoms with Crippen LogP contribution in [0.3, 0.4) is 0 Å². The molecular weight excluding hydrogens is 302 g/mol. The van der Waals surface area contributed by atoms with Gasteiger partial charge in [-0.1, -0.05) is 39.7 Å². The van der Waals surface area contributed by atoms with Crippen LogP contribution in [0.2, 0.25) is 5.02 Å². The summed E-state index contributed by atoms with van der Waals surface area (Å²) in [6.07, 6.45) is 2.62. The molecule has 4 heteroatoms. The van der Waals surface area contributed by atoms with Gasteiger partial charge in [0.1, 0.15) is 0 Å². The number of methoxy groups -OCH3 is 1. The Kier molecular flexibility index (Phi) is 4.71. The number of halogens is 2. The summed E-state index contributed by atoms with van der Waals surface area (Å²) in [5, 5.41) is 1.66. The Morgan fingerprint density at radius 3 is 3.06 bits per heavy atom. The van der Waals surface area contributed by atoms with Gasteiger partial charge >= 0.3 is 0 Å². The molecule has 17 heavy (non-hydrogen) atoms. The van der Waals surface area contributed by atoms with E-state index in [4.69, 9.17) is 16.3 Å². The maximum Gasteiger partial charge on any atom is 0.0746 e. The highest BCUT2D eigenvalue weighted by molar-refractivity contribution is 9.08. The monoisotopic (exact) mass is 317 g/mol. The summed E-state index contributed by atoms with van der Waals surface area (Å²) in [6, 6.07) is 6.08. The molecule has 1 aromatic rings. The van der Waals surface area contributed by atoms with Gasteiger partial charge in [0.15, 0.2) is 0 Å². The van der Waals surface area contributed by atoms with Gasteiger partial charge < -0.3 is 9.64 Å². The maximum atomic E-state index is 6.33. The molecule has 1 unspecified atom stereocenters. The molecule has 1 aliphatic rings. The van der Waals surface area contributed by atoms with Crippen LogP contribution in [0.25, 0.3) is 0 Å². The Labute approximate surface area is 116 Å². The largest absolute Gasteiger partial charge is 0.380 e. The molecule has 2 rings (SSSR count). The van der Waals surface area contributed by atoms with Crippen LogP contribution in [0.15, 0.2) is 18.2 Å². The van der Waals surface area contributed by atoms with Crippen molar-refractivity contribution in [3.63, 3.8) is 0 Å². The van der Waals surface area contributed by atoms with Gasteiger partial charge in [-0.25, -0.2) is 0 Å². The van der Waals surface area contributed by atoms with Crippen LogP contribution in [0, 0.1) is 0 Å². The summed E-state index contributed by atoms with van der Waals surface area (Å²) in [5.74, 6) is 0. The van der Waals surface area contributed by atoms with Crippen LogP contribution in [-0.2, 0) is 10.1 Å². The molecule has 0 N–H and O–H groups in total. The smallest absolute Gasteiger partial charge is 0.0746 e. The van der Waals surface area contributed by atoms with E-state index in [2.05, 4.69) is 26.9 Å². The average Bonchev–Trinajstić information content (AvgIpc) is 2.38. The fourth-order valence-electron chi connectivity index (χ4n) is 2.36. The van der Waals surface area contributed by atoms with E-state index in [1.54, 1.807) is 7.11 Å². The van der Waals surface area contributed by atoms with Gasteiger partial charge in [0.05, 0.1) is 16.8 Å². The summed E-state index contributed by atoms with van der Waals surface area (Å²) in [6.45, 7) is 1.99. The van der Waals surface area contributed by atoms with Crippen LogP contribution in [0.5, 0.6) is 0 Å². The van der Waals surface area contributed by atoms with Crippen LogP contribution >= 0.6 is 27.5 Å². The van der Waals surface area contributed by atoms with E-state index in [-0.39, 0.29) is 0 Å². The molecule has 1 fully saturated rings. The van der Waals surface area contributed by atoms with Crippen molar-refractivity contribution < 1.29 is 4.74 Å². The van der Waals surface area contributed by atoms with Crippen molar-refractivity contribution in [3.8, 4) is 0 Å². The molecule has 0 aromatic heterocycles. The van der Waals surface area contributed by atoms with Gasteiger partial charge in [0, 0.05) is 25.5 Å². The fourth-order valence-corrected chi connectivity index (χ4v) is 3.12. The number of alkyl halides is 1. The minimum atomic E-state index is 0.322. The number of anilines is 1. The first-order valence-electron chi connectivity index (χ1n) is 5.87. The molecular formula is C13H17BrClNO. The molecule has 1 heterocycles. The van der Waals surface area contributed by atoms with Crippen LogP contribution in [0.4, 0.5) is 5.69 Å². The van der Waals surface area contributed by atoms with Crippen molar-refractivity contribution in [2.75, 3.05) is 25.1 Å². The van der Waals surface area contributed by atoms with Crippen molar-refractivity contribution in [3.05, 3.63) is 28.8 Å². The highest BCUT2D eigenvalue weighted by Crippen LogP contribution is 2.33. The summed E-state index contributed by atoms with van der Waals surface area (Å²) in [5.41, 5.74) is 2.40. The molecule has 2 nitrogen and oxygen atoms in total. The van der Waals surface area contributed by atoms with Crippen molar-refractivity contribution in [2.24, 2.45) is 0 Å². The van der Waals surface area contributed by atoms with Gasteiger partial charge in [-0.2, -0.15) is 0 Å². The summed E-state index contributed by atoms with van der Waals surface area (Å²) < 4.78 is 5.46. The zero-order valence-corrected chi connectivity index (χ0v) is 12.3. The Bertz CT molecular complexity index is 386. The first-order chi connectivity index (χ1) is 8.26. The molecule has 1 atom stereocenters. The first kappa shape index (κ1) is 13.2. The van der Waals surface area contributed by atoms with Gasteiger partial charge in [0.25, 0.3) is 0 Å². The lowest BCUT2D eigenvalue weighted by Crippen LogP contribution is -2.39. The maximum absolute atomic E-state index is 6.33. The second kappa shape index (κ2) is 6.07. The van der Waals surface area contributed by atoms with Crippen molar-refractivity contribution >= 4 is 33.2 Å². The fraction of sp³-hybridized carbons (Fsp3) is 0.538. The van der Waals surface area contributed by atoms with E-state index in [0.29, 0.717) is 6.10 Å². The lowest BCUT2D eigenvalue weighted by Gasteiger charge is -2.35. The molecule has 0 amide bonds. The molecule has 1 aromatic carbocycles. The first-order valence-corrected chi connectivity index (χ1v) is 7.37. The zero-order chi connectivity index (χ0) is 12.3. The standard InChI is InChI=1S/C13H17BrClNO/c1-17-11-5-3-7-16(9-11)13-10(8-14)4-2-6-12(13)15/h2,4,6,11H,3,5,7-9H2,1H3. The van der Waals surface area contributed by atoms with Gasteiger partial charge in [-0.15, -0.1) is 0 Å². The third-order valence-corrected chi connectivity index (χ3v) is 4.15.